The van der Waals surface area contributed by atoms with Gasteiger partial charge < -0.3 is 19.9 Å². The molecule has 2 fully saturated rings. The van der Waals surface area contributed by atoms with Gasteiger partial charge in [-0.05, 0) is 58.2 Å². The summed E-state index contributed by atoms with van der Waals surface area (Å²) in [6, 6.07) is 0. The van der Waals surface area contributed by atoms with Crippen molar-refractivity contribution in [2.45, 2.75) is 39.5 Å². The maximum atomic E-state index is 5.49. The van der Waals surface area contributed by atoms with Crippen molar-refractivity contribution in [1.29, 1.82) is 0 Å². The van der Waals surface area contributed by atoms with E-state index in [1.54, 1.807) is 0 Å². The molecule has 1 atom stereocenters. The van der Waals surface area contributed by atoms with Crippen molar-refractivity contribution >= 4 is 29.9 Å². The lowest BCUT2D eigenvalue weighted by Gasteiger charge is -2.31. The Morgan fingerprint density at radius 2 is 1.96 bits per heavy atom. The molecule has 0 aromatic heterocycles. The summed E-state index contributed by atoms with van der Waals surface area (Å²) >= 11 is 0. The molecule has 2 aliphatic heterocycles. The van der Waals surface area contributed by atoms with Gasteiger partial charge in [0.05, 0.1) is 6.61 Å². The molecule has 0 amide bonds. The third kappa shape index (κ3) is 7.44. The summed E-state index contributed by atoms with van der Waals surface area (Å²) < 4.78 is 5.49. The van der Waals surface area contributed by atoms with Crippen LogP contribution in [0.1, 0.15) is 39.5 Å². The van der Waals surface area contributed by atoms with Gasteiger partial charge in [0.15, 0.2) is 5.96 Å². The molecule has 2 aliphatic rings. The predicted octanol–water partition coefficient (Wildman–Crippen LogP) is 2.66. The standard InChI is InChI=1S/C18H36N4O.HI/c1-4-19-18(21(3)14-17-9-13-23-15-17)20-10-6-16-7-11-22(5-2)12-8-16;/h16-17H,4-15H2,1-3H3,(H,19,20);1H. The second kappa shape index (κ2) is 12.3. The first-order valence-corrected chi connectivity index (χ1v) is 9.52. The van der Waals surface area contributed by atoms with Gasteiger partial charge in [-0.15, -0.1) is 24.0 Å². The van der Waals surface area contributed by atoms with Crippen LogP contribution in [0.15, 0.2) is 4.99 Å². The van der Waals surface area contributed by atoms with E-state index in [1.807, 2.05) is 0 Å². The van der Waals surface area contributed by atoms with E-state index in [-0.39, 0.29) is 24.0 Å². The van der Waals surface area contributed by atoms with E-state index < -0.39 is 0 Å². The molecular weight excluding hydrogens is 415 g/mol. The molecule has 0 saturated carbocycles. The van der Waals surface area contributed by atoms with Gasteiger partial charge in [-0.1, -0.05) is 6.92 Å². The predicted molar refractivity (Wildman–Crippen MR) is 112 cm³/mol. The van der Waals surface area contributed by atoms with Gasteiger partial charge in [0.1, 0.15) is 0 Å². The zero-order valence-corrected chi connectivity index (χ0v) is 18.1. The zero-order valence-electron chi connectivity index (χ0n) is 15.8. The quantitative estimate of drug-likeness (QED) is 0.367. The van der Waals surface area contributed by atoms with Crippen LogP contribution in [0.2, 0.25) is 0 Å². The van der Waals surface area contributed by atoms with Gasteiger partial charge in [-0.2, -0.15) is 0 Å². The Morgan fingerprint density at radius 1 is 1.21 bits per heavy atom. The summed E-state index contributed by atoms with van der Waals surface area (Å²) in [5.74, 6) is 2.57. The molecule has 5 nitrogen and oxygen atoms in total. The van der Waals surface area contributed by atoms with Crippen LogP contribution in [0.5, 0.6) is 0 Å². The van der Waals surface area contributed by atoms with E-state index >= 15 is 0 Å². The average Bonchev–Trinajstić information content (AvgIpc) is 3.07. The number of hydrogen-bond acceptors (Lipinski definition) is 3. The number of likely N-dealkylation sites (tertiary alicyclic amines) is 1. The highest BCUT2D eigenvalue weighted by atomic mass is 127. The summed E-state index contributed by atoms with van der Waals surface area (Å²) in [7, 11) is 2.15. The first-order chi connectivity index (χ1) is 11.2. The van der Waals surface area contributed by atoms with Crippen molar-refractivity contribution in [2.75, 3.05) is 59.5 Å². The number of nitrogens with one attached hydrogen (secondary N) is 1. The van der Waals surface area contributed by atoms with Gasteiger partial charge in [0.2, 0.25) is 0 Å². The van der Waals surface area contributed by atoms with Crippen LogP contribution in [0.25, 0.3) is 0 Å². The molecule has 6 heteroatoms. The molecule has 1 unspecified atom stereocenters. The number of halogens is 1. The number of guanidine groups is 1. The maximum absolute atomic E-state index is 5.49. The fraction of sp³-hybridized carbons (Fsp3) is 0.944. The highest BCUT2D eigenvalue weighted by molar-refractivity contribution is 14.0. The first-order valence-electron chi connectivity index (χ1n) is 9.52. The molecule has 24 heavy (non-hydrogen) atoms. The fourth-order valence-electron chi connectivity index (χ4n) is 3.62. The summed E-state index contributed by atoms with van der Waals surface area (Å²) in [6.45, 7) is 12.9. The van der Waals surface area contributed by atoms with E-state index in [0.29, 0.717) is 5.92 Å². The van der Waals surface area contributed by atoms with Gasteiger partial charge in [-0.25, -0.2) is 0 Å². The lowest BCUT2D eigenvalue weighted by atomic mass is 9.94. The SMILES string of the molecule is CCNC(=NCCC1CCN(CC)CC1)N(C)CC1CCOC1.I. The molecule has 0 aromatic rings. The molecule has 142 valence electrons. The highest BCUT2D eigenvalue weighted by Gasteiger charge is 2.20. The zero-order chi connectivity index (χ0) is 16.5. The van der Waals surface area contributed by atoms with E-state index in [0.717, 1.165) is 44.7 Å². The molecule has 2 rings (SSSR count). The number of nitrogens with zero attached hydrogens (tertiary/aromatic N) is 3. The summed E-state index contributed by atoms with van der Waals surface area (Å²) in [4.78, 5) is 9.70. The third-order valence-electron chi connectivity index (χ3n) is 5.21. The average molecular weight is 452 g/mol. The molecule has 0 spiro atoms. The Morgan fingerprint density at radius 3 is 2.54 bits per heavy atom. The van der Waals surface area contributed by atoms with Gasteiger partial charge >= 0.3 is 0 Å². The van der Waals surface area contributed by atoms with Crippen molar-refractivity contribution in [3.63, 3.8) is 0 Å². The van der Waals surface area contributed by atoms with Crippen molar-refractivity contribution in [2.24, 2.45) is 16.8 Å². The monoisotopic (exact) mass is 452 g/mol. The number of rotatable bonds is 7. The second-order valence-electron chi connectivity index (χ2n) is 7.01. The Balaban J connectivity index is 0.00000288. The van der Waals surface area contributed by atoms with Crippen LogP contribution >= 0.6 is 24.0 Å². The molecular formula is C18H37IN4O. The van der Waals surface area contributed by atoms with Crippen molar-refractivity contribution in [3.05, 3.63) is 0 Å². The third-order valence-corrected chi connectivity index (χ3v) is 5.21. The van der Waals surface area contributed by atoms with Gasteiger partial charge in [0.25, 0.3) is 0 Å². The van der Waals surface area contributed by atoms with Crippen molar-refractivity contribution < 1.29 is 4.74 Å². The van der Waals surface area contributed by atoms with Crippen LogP contribution in [0, 0.1) is 11.8 Å². The Hall–Kier alpha value is -0.0800. The van der Waals surface area contributed by atoms with Crippen LogP contribution in [-0.2, 0) is 4.74 Å². The van der Waals surface area contributed by atoms with E-state index in [1.165, 1.54) is 45.3 Å². The number of piperidine rings is 1. The van der Waals surface area contributed by atoms with Gasteiger partial charge in [0, 0.05) is 39.2 Å². The normalized spacial score (nSPS) is 23.1. The highest BCUT2D eigenvalue weighted by Crippen LogP contribution is 2.20. The Kier molecular flexibility index (Phi) is 11.3. The van der Waals surface area contributed by atoms with Crippen molar-refractivity contribution in [3.8, 4) is 0 Å². The van der Waals surface area contributed by atoms with Gasteiger partial charge in [-0.3, -0.25) is 4.99 Å². The number of ether oxygens (including phenoxy) is 1. The number of hydrogen-bond donors (Lipinski definition) is 1. The van der Waals surface area contributed by atoms with Crippen molar-refractivity contribution in [1.82, 2.24) is 15.1 Å². The van der Waals surface area contributed by atoms with Crippen LogP contribution < -0.4 is 5.32 Å². The fourth-order valence-corrected chi connectivity index (χ4v) is 3.62. The molecule has 2 saturated heterocycles. The Bertz CT molecular complexity index is 353. The molecule has 1 N–H and O–H groups in total. The van der Waals surface area contributed by atoms with E-state index in [2.05, 4.69) is 36.0 Å². The minimum Gasteiger partial charge on any atom is -0.381 e. The first kappa shape index (κ1) is 22.0. The lowest BCUT2D eigenvalue weighted by molar-refractivity contribution is 0.181. The topological polar surface area (TPSA) is 40.1 Å². The molecule has 0 aromatic carbocycles. The second-order valence-corrected chi connectivity index (χ2v) is 7.01. The molecule has 2 heterocycles. The smallest absolute Gasteiger partial charge is 0.193 e. The van der Waals surface area contributed by atoms with E-state index in [9.17, 15) is 0 Å². The number of aliphatic imine (C=N–C) groups is 1. The maximum Gasteiger partial charge on any atom is 0.193 e. The van der Waals surface area contributed by atoms with Crippen LogP contribution in [0.3, 0.4) is 0 Å². The summed E-state index contributed by atoms with van der Waals surface area (Å²) in [5.41, 5.74) is 0. The summed E-state index contributed by atoms with van der Waals surface area (Å²) in [6.07, 6.45) is 5.09. The summed E-state index contributed by atoms with van der Waals surface area (Å²) in [5, 5.41) is 3.44. The van der Waals surface area contributed by atoms with Crippen LogP contribution in [-0.4, -0.2) is 75.3 Å². The minimum atomic E-state index is 0. The molecule has 0 radical (unpaired) electrons. The Labute approximate surface area is 165 Å². The molecule has 0 bridgehead atoms. The van der Waals surface area contributed by atoms with E-state index in [4.69, 9.17) is 9.73 Å². The largest absolute Gasteiger partial charge is 0.381 e. The minimum absolute atomic E-state index is 0. The molecule has 0 aliphatic carbocycles. The van der Waals surface area contributed by atoms with Crippen LogP contribution in [0.4, 0.5) is 0 Å². The lowest BCUT2D eigenvalue weighted by Crippen LogP contribution is -2.41.